The van der Waals surface area contributed by atoms with Crippen LogP contribution in [0.25, 0.3) is 0 Å². The fourth-order valence-corrected chi connectivity index (χ4v) is 2.48. The summed E-state index contributed by atoms with van der Waals surface area (Å²) in [7, 11) is 0. The van der Waals surface area contributed by atoms with Gasteiger partial charge in [0.15, 0.2) is 0 Å². The molecule has 5 heteroatoms. The van der Waals surface area contributed by atoms with Gasteiger partial charge in [0.2, 0.25) is 11.8 Å². The van der Waals surface area contributed by atoms with Crippen molar-refractivity contribution in [2.45, 2.75) is 64.1 Å². The normalized spacial score (nSPS) is 23.2. The maximum Gasteiger partial charge on any atom is 0.239 e. The Morgan fingerprint density at radius 3 is 2.74 bits per heavy atom. The number of amides is 2. The van der Waals surface area contributed by atoms with E-state index in [1.165, 1.54) is 0 Å². The Kier molecular flexibility index (Phi) is 4.80. The van der Waals surface area contributed by atoms with Crippen molar-refractivity contribution in [2.24, 2.45) is 0 Å². The molecule has 2 aliphatic rings. The standard InChI is InChI=1S/C14H25N3O2/c1-10(2)15-12-7-9-17(14(12)19)8-3-4-13(18)16-11-5-6-11/h10-12,15H,3-9H2,1-2H3,(H,16,18). The maximum atomic E-state index is 12.1. The topological polar surface area (TPSA) is 61.4 Å². The van der Waals surface area contributed by atoms with Crippen molar-refractivity contribution < 1.29 is 9.59 Å². The number of nitrogens with one attached hydrogen (secondary N) is 2. The lowest BCUT2D eigenvalue weighted by molar-refractivity contribution is -0.130. The molecule has 5 nitrogen and oxygen atoms in total. The quantitative estimate of drug-likeness (QED) is 0.712. The van der Waals surface area contributed by atoms with E-state index in [0.717, 1.165) is 32.2 Å². The van der Waals surface area contributed by atoms with Crippen molar-refractivity contribution in [3.05, 3.63) is 0 Å². The molecular formula is C14H25N3O2. The molecule has 1 atom stereocenters. The third-order valence-corrected chi connectivity index (χ3v) is 3.61. The molecule has 108 valence electrons. The summed E-state index contributed by atoms with van der Waals surface area (Å²) in [4.78, 5) is 25.5. The van der Waals surface area contributed by atoms with Crippen molar-refractivity contribution in [1.29, 1.82) is 0 Å². The van der Waals surface area contributed by atoms with Gasteiger partial charge in [-0.25, -0.2) is 0 Å². The van der Waals surface area contributed by atoms with Gasteiger partial charge in [-0.05, 0) is 25.7 Å². The van der Waals surface area contributed by atoms with Crippen LogP contribution in [0.3, 0.4) is 0 Å². The van der Waals surface area contributed by atoms with Crippen LogP contribution in [0.5, 0.6) is 0 Å². The predicted molar refractivity (Wildman–Crippen MR) is 73.7 cm³/mol. The van der Waals surface area contributed by atoms with E-state index in [2.05, 4.69) is 24.5 Å². The summed E-state index contributed by atoms with van der Waals surface area (Å²) >= 11 is 0. The third kappa shape index (κ3) is 4.49. The van der Waals surface area contributed by atoms with E-state index >= 15 is 0 Å². The molecular weight excluding hydrogens is 242 g/mol. The van der Waals surface area contributed by atoms with E-state index in [0.29, 0.717) is 25.0 Å². The molecule has 0 aromatic heterocycles. The highest BCUT2D eigenvalue weighted by Crippen LogP contribution is 2.19. The fraction of sp³-hybridized carbons (Fsp3) is 0.857. The zero-order valence-electron chi connectivity index (χ0n) is 11.9. The number of carbonyl (C=O) groups is 2. The second-order valence-electron chi connectivity index (χ2n) is 5.93. The minimum absolute atomic E-state index is 0.0275. The zero-order valence-corrected chi connectivity index (χ0v) is 11.9. The van der Waals surface area contributed by atoms with Crippen molar-refractivity contribution >= 4 is 11.8 Å². The van der Waals surface area contributed by atoms with Crippen LogP contribution in [0, 0.1) is 0 Å². The van der Waals surface area contributed by atoms with Gasteiger partial charge in [0.05, 0.1) is 6.04 Å². The number of nitrogens with zero attached hydrogens (tertiary/aromatic N) is 1. The van der Waals surface area contributed by atoms with E-state index in [1.807, 2.05) is 4.90 Å². The summed E-state index contributed by atoms with van der Waals surface area (Å²) in [5.74, 6) is 0.322. The lowest BCUT2D eigenvalue weighted by Crippen LogP contribution is -2.41. The monoisotopic (exact) mass is 267 g/mol. The van der Waals surface area contributed by atoms with Crippen LogP contribution in [0.4, 0.5) is 0 Å². The van der Waals surface area contributed by atoms with Gasteiger partial charge in [-0.15, -0.1) is 0 Å². The van der Waals surface area contributed by atoms with Crippen molar-refractivity contribution in [3.63, 3.8) is 0 Å². The van der Waals surface area contributed by atoms with Crippen LogP contribution < -0.4 is 10.6 Å². The van der Waals surface area contributed by atoms with Crippen LogP contribution in [-0.2, 0) is 9.59 Å². The minimum atomic E-state index is -0.0275. The first kappa shape index (κ1) is 14.3. The molecule has 2 N–H and O–H groups in total. The SMILES string of the molecule is CC(C)NC1CCN(CCCC(=O)NC2CC2)C1=O. The van der Waals surface area contributed by atoms with Crippen LogP contribution in [-0.4, -0.2) is 47.9 Å². The largest absolute Gasteiger partial charge is 0.353 e. The molecule has 1 heterocycles. The number of hydrogen-bond donors (Lipinski definition) is 2. The van der Waals surface area contributed by atoms with Gasteiger partial charge in [-0.1, -0.05) is 13.8 Å². The molecule has 2 fully saturated rings. The second-order valence-corrected chi connectivity index (χ2v) is 5.93. The van der Waals surface area contributed by atoms with Gasteiger partial charge in [-0.2, -0.15) is 0 Å². The van der Waals surface area contributed by atoms with Crippen LogP contribution in [0.15, 0.2) is 0 Å². The Labute approximate surface area is 115 Å². The summed E-state index contributed by atoms with van der Waals surface area (Å²) in [6.07, 6.45) is 4.42. The molecule has 1 saturated carbocycles. The third-order valence-electron chi connectivity index (χ3n) is 3.61. The van der Waals surface area contributed by atoms with Crippen LogP contribution in [0.1, 0.15) is 46.0 Å². The Morgan fingerprint density at radius 1 is 1.37 bits per heavy atom. The van der Waals surface area contributed by atoms with Crippen molar-refractivity contribution in [3.8, 4) is 0 Å². The van der Waals surface area contributed by atoms with Crippen LogP contribution >= 0.6 is 0 Å². The molecule has 19 heavy (non-hydrogen) atoms. The van der Waals surface area contributed by atoms with Crippen LogP contribution in [0.2, 0.25) is 0 Å². The first-order chi connectivity index (χ1) is 9.06. The molecule has 1 aliphatic heterocycles. The molecule has 2 rings (SSSR count). The predicted octanol–water partition coefficient (Wildman–Crippen LogP) is 0.644. The number of rotatable bonds is 7. The molecule has 2 amide bonds. The molecule has 0 aromatic rings. The Morgan fingerprint density at radius 2 is 2.11 bits per heavy atom. The summed E-state index contributed by atoms with van der Waals surface area (Å²) < 4.78 is 0. The van der Waals surface area contributed by atoms with E-state index in [4.69, 9.17) is 0 Å². The Hall–Kier alpha value is -1.10. The number of carbonyl (C=O) groups excluding carboxylic acids is 2. The highest BCUT2D eigenvalue weighted by atomic mass is 16.2. The van der Waals surface area contributed by atoms with E-state index in [9.17, 15) is 9.59 Å². The molecule has 0 spiro atoms. The lowest BCUT2D eigenvalue weighted by atomic mass is 10.2. The zero-order chi connectivity index (χ0) is 13.8. The molecule has 1 unspecified atom stereocenters. The lowest BCUT2D eigenvalue weighted by Gasteiger charge is -2.18. The average molecular weight is 267 g/mol. The second kappa shape index (κ2) is 6.37. The maximum absolute atomic E-state index is 12.1. The number of likely N-dealkylation sites (tertiary alicyclic amines) is 1. The molecule has 0 aromatic carbocycles. The average Bonchev–Trinajstić information content (AvgIpc) is 3.08. The van der Waals surface area contributed by atoms with Gasteiger partial charge in [0.1, 0.15) is 0 Å². The van der Waals surface area contributed by atoms with Gasteiger partial charge < -0.3 is 15.5 Å². The fourth-order valence-electron chi connectivity index (χ4n) is 2.48. The Balaban J connectivity index is 1.63. The summed E-state index contributed by atoms with van der Waals surface area (Å²) in [5.41, 5.74) is 0. The first-order valence-corrected chi connectivity index (χ1v) is 7.40. The van der Waals surface area contributed by atoms with Crippen molar-refractivity contribution in [1.82, 2.24) is 15.5 Å². The summed E-state index contributed by atoms with van der Waals surface area (Å²) in [6, 6.07) is 0.735. The summed E-state index contributed by atoms with van der Waals surface area (Å²) in [5, 5.41) is 6.26. The van der Waals surface area contributed by atoms with Gasteiger partial charge in [-0.3, -0.25) is 9.59 Å². The number of hydrogen-bond acceptors (Lipinski definition) is 3. The molecule has 1 saturated heterocycles. The van der Waals surface area contributed by atoms with Gasteiger partial charge >= 0.3 is 0 Å². The summed E-state index contributed by atoms with van der Waals surface area (Å²) in [6.45, 7) is 5.62. The molecule has 0 radical (unpaired) electrons. The first-order valence-electron chi connectivity index (χ1n) is 7.40. The van der Waals surface area contributed by atoms with Crippen molar-refractivity contribution in [2.75, 3.05) is 13.1 Å². The smallest absolute Gasteiger partial charge is 0.239 e. The van der Waals surface area contributed by atoms with E-state index < -0.39 is 0 Å². The van der Waals surface area contributed by atoms with E-state index in [1.54, 1.807) is 0 Å². The highest BCUT2D eigenvalue weighted by molar-refractivity contribution is 5.84. The minimum Gasteiger partial charge on any atom is -0.353 e. The van der Waals surface area contributed by atoms with Gasteiger partial charge in [0.25, 0.3) is 0 Å². The van der Waals surface area contributed by atoms with E-state index in [-0.39, 0.29) is 17.9 Å². The van der Waals surface area contributed by atoms with Gasteiger partial charge in [0, 0.05) is 31.6 Å². The highest BCUT2D eigenvalue weighted by Gasteiger charge is 2.31. The Bertz CT molecular complexity index is 340. The molecule has 1 aliphatic carbocycles. The molecule has 0 bridgehead atoms.